The Morgan fingerprint density at radius 1 is 1.41 bits per heavy atom. The third-order valence-electron chi connectivity index (χ3n) is 2.73. The van der Waals surface area contributed by atoms with Crippen molar-refractivity contribution in [1.29, 1.82) is 0 Å². The van der Waals surface area contributed by atoms with Gasteiger partial charge in [-0.3, -0.25) is 9.97 Å². The molecule has 2 N–H and O–H groups in total. The highest BCUT2D eigenvalue weighted by atomic mass is 32.2. The summed E-state index contributed by atoms with van der Waals surface area (Å²) in [5.74, 6) is -0.0331. The van der Waals surface area contributed by atoms with Crippen molar-refractivity contribution in [1.82, 2.24) is 9.97 Å². The first-order valence-electron chi connectivity index (χ1n) is 5.61. The Kier molecular flexibility index (Phi) is 2.95. The Hall–Kier alpha value is -1.01. The minimum Gasteiger partial charge on any atom is -0.321 e. The monoisotopic (exact) mass is 255 g/mol. The van der Waals surface area contributed by atoms with E-state index in [1.54, 1.807) is 6.20 Å². The van der Waals surface area contributed by atoms with Gasteiger partial charge >= 0.3 is 0 Å². The van der Waals surface area contributed by atoms with E-state index in [2.05, 4.69) is 9.97 Å². The van der Waals surface area contributed by atoms with Crippen molar-refractivity contribution in [3.05, 3.63) is 23.8 Å². The van der Waals surface area contributed by atoms with Crippen molar-refractivity contribution in [2.75, 3.05) is 0 Å². The Labute approximate surface area is 101 Å². The lowest BCUT2D eigenvalue weighted by molar-refractivity contribution is 0.529. The van der Waals surface area contributed by atoms with Gasteiger partial charge in [-0.25, -0.2) is 8.42 Å². The van der Waals surface area contributed by atoms with Crippen molar-refractivity contribution >= 4 is 9.84 Å². The third kappa shape index (κ3) is 3.01. The van der Waals surface area contributed by atoms with Crippen LogP contribution in [-0.4, -0.2) is 23.6 Å². The average molecular weight is 255 g/mol. The van der Waals surface area contributed by atoms with E-state index < -0.39 is 15.4 Å². The van der Waals surface area contributed by atoms with Crippen LogP contribution >= 0.6 is 0 Å². The van der Waals surface area contributed by atoms with Gasteiger partial charge < -0.3 is 5.73 Å². The number of nitrogens with zero attached hydrogens (tertiary/aromatic N) is 2. The van der Waals surface area contributed by atoms with Gasteiger partial charge in [0, 0.05) is 6.20 Å². The fourth-order valence-electron chi connectivity index (χ4n) is 1.54. The summed E-state index contributed by atoms with van der Waals surface area (Å²) >= 11 is 0. The van der Waals surface area contributed by atoms with Crippen LogP contribution in [0.5, 0.6) is 0 Å². The van der Waals surface area contributed by atoms with Crippen LogP contribution in [-0.2, 0) is 21.1 Å². The summed E-state index contributed by atoms with van der Waals surface area (Å²) < 4.78 is 23.6. The molecule has 1 aromatic rings. The summed E-state index contributed by atoms with van der Waals surface area (Å²) in [7, 11) is -3.05. The maximum absolute atomic E-state index is 11.8. The molecule has 0 unspecified atom stereocenters. The van der Waals surface area contributed by atoms with Crippen LogP contribution in [0.4, 0.5) is 0 Å². The van der Waals surface area contributed by atoms with E-state index >= 15 is 0 Å². The zero-order chi connectivity index (χ0) is 12.7. The van der Waals surface area contributed by atoms with Crippen LogP contribution in [0.1, 0.15) is 38.1 Å². The van der Waals surface area contributed by atoms with E-state index in [0.717, 1.165) is 12.8 Å². The average Bonchev–Trinajstić information content (AvgIpc) is 2.99. The topological polar surface area (TPSA) is 85.9 Å². The van der Waals surface area contributed by atoms with Crippen molar-refractivity contribution in [3.63, 3.8) is 0 Å². The molecule has 1 fully saturated rings. The molecule has 17 heavy (non-hydrogen) atoms. The van der Waals surface area contributed by atoms with Crippen molar-refractivity contribution < 1.29 is 8.42 Å². The van der Waals surface area contributed by atoms with E-state index in [9.17, 15) is 8.42 Å². The molecule has 0 spiro atoms. The third-order valence-corrected chi connectivity index (χ3v) is 4.91. The normalized spacial score (nSPS) is 17.1. The van der Waals surface area contributed by atoms with Gasteiger partial charge in [0.15, 0.2) is 9.84 Å². The summed E-state index contributed by atoms with van der Waals surface area (Å²) in [6.07, 6.45) is 4.62. The molecular weight excluding hydrogens is 238 g/mol. The first kappa shape index (κ1) is 12.4. The molecule has 1 saturated carbocycles. The van der Waals surface area contributed by atoms with E-state index in [4.69, 9.17) is 5.73 Å². The number of rotatable bonds is 4. The van der Waals surface area contributed by atoms with Crippen LogP contribution in [0, 0.1) is 0 Å². The standard InChI is InChI=1S/C11H17N3O2S/c1-11(2,12)10-6-13-5-8(14-10)7-17(15,16)9-3-4-9/h5-6,9H,3-4,7,12H2,1-2H3. The fraction of sp³-hybridized carbons (Fsp3) is 0.636. The minimum absolute atomic E-state index is 0.0331. The van der Waals surface area contributed by atoms with E-state index in [1.165, 1.54) is 6.20 Å². The summed E-state index contributed by atoms with van der Waals surface area (Å²) in [4.78, 5) is 8.28. The molecule has 1 aliphatic rings. The molecule has 1 aliphatic carbocycles. The smallest absolute Gasteiger partial charge is 0.158 e. The molecule has 1 aromatic heterocycles. The molecule has 2 rings (SSSR count). The summed E-state index contributed by atoms with van der Waals surface area (Å²) in [5.41, 5.74) is 6.40. The predicted molar refractivity (Wildman–Crippen MR) is 64.9 cm³/mol. The molecule has 94 valence electrons. The minimum atomic E-state index is -3.05. The molecule has 0 radical (unpaired) electrons. The first-order valence-corrected chi connectivity index (χ1v) is 7.32. The number of nitrogens with two attached hydrogens (primary N) is 1. The summed E-state index contributed by atoms with van der Waals surface area (Å²) in [5, 5.41) is -0.168. The van der Waals surface area contributed by atoms with Crippen LogP contribution in [0.15, 0.2) is 12.4 Å². The van der Waals surface area contributed by atoms with Gasteiger partial charge in [0.05, 0.1) is 34.1 Å². The Morgan fingerprint density at radius 3 is 2.59 bits per heavy atom. The largest absolute Gasteiger partial charge is 0.321 e. The molecule has 0 saturated heterocycles. The molecule has 1 heterocycles. The van der Waals surface area contributed by atoms with Gasteiger partial charge in [-0.2, -0.15) is 0 Å². The number of hydrogen-bond donors (Lipinski definition) is 1. The van der Waals surface area contributed by atoms with E-state index in [-0.39, 0.29) is 11.0 Å². The Bertz CT molecular complexity index is 516. The van der Waals surface area contributed by atoms with Gasteiger partial charge in [0.2, 0.25) is 0 Å². The van der Waals surface area contributed by atoms with E-state index in [1.807, 2.05) is 13.8 Å². The lowest BCUT2D eigenvalue weighted by Crippen LogP contribution is -2.30. The number of hydrogen-bond acceptors (Lipinski definition) is 5. The first-order chi connectivity index (χ1) is 7.79. The molecule has 5 nitrogen and oxygen atoms in total. The summed E-state index contributed by atoms with van der Waals surface area (Å²) in [6.45, 7) is 3.63. The molecule has 0 aromatic carbocycles. The van der Waals surface area contributed by atoms with Crippen molar-refractivity contribution in [2.24, 2.45) is 5.73 Å². The number of sulfone groups is 1. The van der Waals surface area contributed by atoms with E-state index in [0.29, 0.717) is 11.4 Å². The lowest BCUT2D eigenvalue weighted by Gasteiger charge is -2.17. The van der Waals surface area contributed by atoms with Crippen LogP contribution in [0.3, 0.4) is 0 Å². The van der Waals surface area contributed by atoms with Gasteiger partial charge in [0.25, 0.3) is 0 Å². The quantitative estimate of drug-likeness (QED) is 0.858. The highest BCUT2D eigenvalue weighted by Crippen LogP contribution is 2.30. The zero-order valence-electron chi connectivity index (χ0n) is 10.0. The van der Waals surface area contributed by atoms with Crippen LogP contribution in [0.25, 0.3) is 0 Å². The lowest BCUT2D eigenvalue weighted by atomic mass is 10.0. The van der Waals surface area contributed by atoms with Gasteiger partial charge in [0.1, 0.15) is 0 Å². The second-order valence-corrected chi connectivity index (χ2v) is 7.40. The molecule has 0 aliphatic heterocycles. The Morgan fingerprint density at radius 2 is 2.06 bits per heavy atom. The molecule has 0 bridgehead atoms. The van der Waals surface area contributed by atoms with Gasteiger partial charge in [-0.1, -0.05) is 0 Å². The second-order valence-electron chi connectivity index (χ2n) is 5.12. The van der Waals surface area contributed by atoms with Crippen LogP contribution < -0.4 is 5.73 Å². The maximum atomic E-state index is 11.8. The van der Waals surface area contributed by atoms with Crippen molar-refractivity contribution in [3.8, 4) is 0 Å². The van der Waals surface area contributed by atoms with Crippen molar-refractivity contribution in [2.45, 2.75) is 43.2 Å². The van der Waals surface area contributed by atoms with Crippen LogP contribution in [0.2, 0.25) is 0 Å². The number of aromatic nitrogens is 2. The van der Waals surface area contributed by atoms with Gasteiger partial charge in [-0.15, -0.1) is 0 Å². The predicted octanol–water partition coefficient (Wildman–Crippen LogP) is 0.748. The SMILES string of the molecule is CC(C)(N)c1cncc(CS(=O)(=O)C2CC2)n1. The zero-order valence-corrected chi connectivity index (χ0v) is 10.9. The highest BCUT2D eigenvalue weighted by molar-refractivity contribution is 7.91. The second kappa shape index (κ2) is 4.03. The summed E-state index contributed by atoms with van der Waals surface area (Å²) in [6, 6.07) is 0. The molecule has 0 amide bonds. The Balaban J connectivity index is 2.22. The fourth-order valence-corrected chi connectivity index (χ4v) is 3.18. The van der Waals surface area contributed by atoms with Gasteiger partial charge in [-0.05, 0) is 26.7 Å². The molecule has 6 heteroatoms. The molecule has 0 atom stereocenters. The molecular formula is C11H17N3O2S. The highest BCUT2D eigenvalue weighted by Gasteiger charge is 2.36. The maximum Gasteiger partial charge on any atom is 0.158 e.